The molecule has 5 heteroatoms. The van der Waals surface area contributed by atoms with Gasteiger partial charge in [-0.3, -0.25) is 10.9 Å². The first-order valence-corrected chi connectivity index (χ1v) is 7.52. The summed E-state index contributed by atoms with van der Waals surface area (Å²) in [6.07, 6.45) is 5.10. The topological polar surface area (TPSA) is 36.1 Å². The normalized spacial score (nSPS) is 22.6. The molecule has 0 aliphatic heterocycles. The van der Waals surface area contributed by atoms with Gasteiger partial charge in [0.2, 0.25) is 0 Å². The molecule has 0 spiro atoms. The van der Waals surface area contributed by atoms with Crippen LogP contribution in [0.25, 0.3) is 0 Å². The number of nitrogens with one attached hydrogen (secondary N) is 3. The molecular weight excluding hydrogens is 278 g/mol. The van der Waals surface area contributed by atoms with E-state index in [1.807, 2.05) is 24.3 Å². The molecule has 1 aliphatic rings. The van der Waals surface area contributed by atoms with Gasteiger partial charge in [-0.15, -0.1) is 0 Å². The first kappa shape index (κ1) is 14.4. The standard InChI is InChI=1S/C14H20ClN3S/c1-10-4-2-3-5-13(10)16-14(19)18-17-12-8-6-11(15)7-9-12/h6-10,13,17H,2-5H2,1H3,(H2,16,18,19)/t10-,13+/m0/s1. The fraction of sp³-hybridized carbons (Fsp3) is 0.500. The number of benzene rings is 1. The maximum atomic E-state index is 5.83. The molecule has 1 saturated carbocycles. The predicted molar refractivity (Wildman–Crippen MR) is 85.4 cm³/mol. The van der Waals surface area contributed by atoms with Crippen LogP contribution in [0.4, 0.5) is 5.69 Å². The molecule has 104 valence electrons. The predicted octanol–water partition coefficient (Wildman–Crippen LogP) is 3.71. The lowest BCUT2D eigenvalue weighted by atomic mass is 9.86. The average molecular weight is 298 g/mol. The highest BCUT2D eigenvalue weighted by atomic mass is 35.5. The van der Waals surface area contributed by atoms with Crippen molar-refractivity contribution in [3.05, 3.63) is 29.3 Å². The fourth-order valence-electron chi connectivity index (χ4n) is 2.40. The van der Waals surface area contributed by atoms with Gasteiger partial charge in [0.05, 0.1) is 5.69 Å². The van der Waals surface area contributed by atoms with E-state index in [9.17, 15) is 0 Å². The van der Waals surface area contributed by atoms with E-state index < -0.39 is 0 Å². The van der Waals surface area contributed by atoms with Gasteiger partial charge in [0.1, 0.15) is 0 Å². The third-order valence-corrected chi connectivity index (χ3v) is 4.06. The zero-order chi connectivity index (χ0) is 13.7. The van der Waals surface area contributed by atoms with E-state index >= 15 is 0 Å². The number of hydrazine groups is 1. The van der Waals surface area contributed by atoms with Crippen molar-refractivity contribution < 1.29 is 0 Å². The van der Waals surface area contributed by atoms with Gasteiger partial charge in [0.25, 0.3) is 0 Å². The summed E-state index contributed by atoms with van der Waals surface area (Å²) in [5.41, 5.74) is 7.01. The smallest absolute Gasteiger partial charge is 0.185 e. The largest absolute Gasteiger partial charge is 0.358 e. The van der Waals surface area contributed by atoms with E-state index in [2.05, 4.69) is 23.1 Å². The van der Waals surface area contributed by atoms with Gasteiger partial charge in [0.15, 0.2) is 5.11 Å². The minimum Gasteiger partial charge on any atom is -0.358 e. The molecule has 3 N–H and O–H groups in total. The van der Waals surface area contributed by atoms with E-state index in [1.54, 1.807) is 0 Å². The second kappa shape index (κ2) is 6.96. The molecule has 1 aromatic carbocycles. The lowest BCUT2D eigenvalue weighted by Gasteiger charge is -2.30. The summed E-state index contributed by atoms with van der Waals surface area (Å²) in [6.45, 7) is 2.28. The van der Waals surface area contributed by atoms with E-state index in [1.165, 1.54) is 25.7 Å². The Morgan fingerprint density at radius 3 is 2.58 bits per heavy atom. The van der Waals surface area contributed by atoms with E-state index in [0.717, 1.165) is 10.7 Å². The Hall–Kier alpha value is -1.00. The van der Waals surface area contributed by atoms with Gasteiger partial charge in [-0.05, 0) is 55.2 Å². The second-order valence-electron chi connectivity index (χ2n) is 5.10. The molecule has 0 unspecified atom stereocenters. The van der Waals surface area contributed by atoms with Crippen LogP contribution >= 0.6 is 23.8 Å². The first-order valence-electron chi connectivity index (χ1n) is 6.73. The highest BCUT2D eigenvalue weighted by Gasteiger charge is 2.21. The Kier molecular flexibility index (Phi) is 5.28. The van der Waals surface area contributed by atoms with Crippen molar-refractivity contribution in [2.45, 2.75) is 38.6 Å². The van der Waals surface area contributed by atoms with Crippen molar-refractivity contribution in [2.75, 3.05) is 5.43 Å². The molecule has 3 nitrogen and oxygen atoms in total. The average Bonchev–Trinajstić information content (AvgIpc) is 2.41. The molecular formula is C14H20ClN3S. The lowest BCUT2D eigenvalue weighted by Crippen LogP contribution is -2.47. The van der Waals surface area contributed by atoms with Gasteiger partial charge in [-0.1, -0.05) is 31.4 Å². The molecule has 19 heavy (non-hydrogen) atoms. The molecule has 0 heterocycles. The monoisotopic (exact) mass is 297 g/mol. The van der Waals surface area contributed by atoms with E-state index in [0.29, 0.717) is 17.1 Å². The van der Waals surface area contributed by atoms with Crippen LogP contribution in [0.2, 0.25) is 5.02 Å². The minimum absolute atomic E-state index is 0.487. The van der Waals surface area contributed by atoms with Gasteiger partial charge < -0.3 is 5.32 Å². The van der Waals surface area contributed by atoms with Crippen LogP contribution < -0.4 is 16.2 Å². The number of thiocarbonyl (C=S) groups is 1. The summed E-state index contributed by atoms with van der Waals surface area (Å²) in [5, 5.41) is 4.75. The SMILES string of the molecule is C[C@H]1CCCC[C@H]1NC(=S)NNc1ccc(Cl)cc1. The Balaban J connectivity index is 1.76. The molecule has 0 radical (unpaired) electrons. The quantitative estimate of drug-likeness (QED) is 0.587. The molecule has 1 aromatic rings. The number of anilines is 1. The third-order valence-electron chi connectivity index (χ3n) is 3.59. The zero-order valence-corrected chi connectivity index (χ0v) is 12.7. The summed E-state index contributed by atoms with van der Waals surface area (Å²) < 4.78 is 0. The highest BCUT2D eigenvalue weighted by molar-refractivity contribution is 7.80. The van der Waals surface area contributed by atoms with Crippen LogP contribution in [0.3, 0.4) is 0 Å². The lowest BCUT2D eigenvalue weighted by molar-refractivity contribution is 0.308. The third kappa shape index (κ3) is 4.55. The maximum Gasteiger partial charge on any atom is 0.185 e. The number of hydrogen-bond acceptors (Lipinski definition) is 2. The Labute approximate surface area is 125 Å². The summed E-state index contributed by atoms with van der Waals surface area (Å²) in [7, 11) is 0. The Bertz CT molecular complexity index is 421. The van der Waals surface area contributed by atoms with Crippen LogP contribution in [0.1, 0.15) is 32.6 Å². The van der Waals surface area contributed by atoms with Crippen molar-refractivity contribution in [2.24, 2.45) is 5.92 Å². The number of rotatable bonds is 3. The molecule has 2 rings (SSSR count). The number of halogens is 1. The summed E-state index contributed by atoms with van der Waals surface area (Å²) in [5.74, 6) is 0.684. The Morgan fingerprint density at radius 2 is 1.89 bits per heavy atom. The van der Waals surface area contributed by atoms with E-state index in [-0.39, 0.29) is 0 Å². The van der Waals surface area contributed by atoms with Crippen molar-refractivity contribution in [3.63, 3.8) is 0 Å². The number of hydrogen-bond donors (Lipinski definition) is 3. The Morgan fingerprint density at radius 1 is 1.21 bits per heavy atom. The van der Waals surface area contributed by atoms with Crippen LogP contribution in [-0.2, 0) is 0 Å². The molecule has 0 saturated heterocycles. The molecule has 1 fully saturated rings. The van der Waals surface area contributed by atoms with Crippen molar-refractivity contribution in [1.82, 2.24) is 10.7 Å². The molecule has 0 bridgehead atoms. The van der Waals surface area contributed by atoms with Crippen LogP contribution in [-0.4, -0.2) is 11.2 Å². The van der Waals surface area contributed by atoms with Gasteiger partial charge in [-0.2, -0.15) is 0 Å². The first-order chi connectivity index (χ1) is 9.15. The van der Waals surface area contributed by atoms with Crippen molar-refractivity contribution >= 4 is 34.6 Å². The van der Waals surface area contributed by atoms with Crippen molar-refractivity contribution in [3.8, 4) is 0 Å². The van der Waals surface area contributed by atoms with Crippen LogP contribution in [0.5, 0.6) is 0 Å². The maximum absolute atomic E-state index is 5.83. The van der Waals surface area contributed by atoms with Crippen LogP contribution in [0, 0.1) is 5.92 Å². The highest BCUT2D eigenvalue weighted by Crippen LogP contribution is 2.23. The molecule has 2 atom stereocenters. The van der Waals surface area contributed by atoms with Gasteiger partial charge in [0, 0.05) is 11.1 Å². The summed E-state index contributed by atoms with van der Waals surface area (Å²) in [4.78, 5) is 0. The van der Waals surface area contributed by atoms with Crippen molar-refractivity contribution in [1.29, 1.82) is 0 Å². The summed E-state index contributed by atoms with van der Waals surface area (Å²) >= 11 is 11.1. The molecule has 0 amide bonds. The summed E-state index contributed by atoms with van der Waals surface area (Å²) in [6, 6.07) is 7.97. The van der Waals surface area contributed by atoms with Gasteiger partial charge in [-0.25, -0.2) is 0 Å². The molecule has 0 aromatic heterocycles. The molecule has 1 aliphatic carbocycles. The minimum atomic E-state index is 0.487. The van der Waals surface area contributed by atoms with Crippen LogP contribution in [0.15, 0.2) is 24.3 Å². The van der Waals surface area contributed by atoms with Gasteiger partial charge >= 0.3 is 0 Å². The fourth-order valence-corrected chi connectivity index (χ4v) is 2.73. The zero-order valence-electron chi connectivity index (χ0n) is 11.1. The second-order valence-corrected chi connectivity index (χ2v) is 5.94. The van der Waals surface area contributed by atoms with E-state index in [4.69, 9.17) is 23.8 Å².